The van der Waals surface area contributed by atoms with Crippen molar-refractivity contribution in [3.63, 3.8) is 0 Å². The van der Waals surface area contributed by atoms with E-state index in [0.717, 1.165) is 0 Å². The number of para-hydroxylation sites is 2. The van der Waals surface area contributed by atoms with Gasteiger partial charge in [-0.05, 0) is 24.3 Å². The fourth-order valence-corrected chi connectivity index (χ4v) is 3.35. The van der Waals surface area contributed by atoms with Crippen LogP contribution in [-0.4, -0.2) is 8.42 Å². The van der Waals surface area contributed by atoms with Crippen LogP contribution >= 0.6 is 23.2 Å². The van der Waals surface area contributed by atoms with Gasteiger partial charge in [0.15, 0.2) is 0 Å². The summed E-state index contributed by atoms with van der Waals surface area (Å²) in [5.41, 5.74) is 5.94. The molecule has 0 spiro atoms. The summed E-state index contributed by atoms with van der Waals surface area (Å²) in [6.45, 7) is 0. The van der Waals surface area contributed by atoms with Crippen LogP contribution in [0.2, 0.25) is 10.0 Å². The molecule has 0 amide bonds. The number of hydrogen-bond donors (Lipinski definition) is 2. The number of nitrogens with two attached hydrogens (primary N) is 1. The predicted octanol–water partition coefficient (Wildman–Crippen LogP) is 3.38. The van der Waals surface area contributed by atoms with Gasteiger partial charge in [0, 0.05) is 0 Å². The minimum atomic E-state index is -3.83. The number of sulfonamides is 1. The molecule has 0 radical (unpaired) electrons. The van der Waals surface area contributed by atoms with Gasteiger partial charge in [-0.1, -0.05) is 41.4 Å². The highest BCUT2D eigenvalue weighted by atomic mass is 35.5. The lowest BCUT2D eigenvalue weighted by Gasteiger charge is -2.12. The van der Waals surface area contributed by atoms with E-state index in [1.54, 1.807) is 30.3 Å². The summed E-state index contributed by atoms with van der Waals surface area (Å²) >= 11 is 11.8. The van der Waals surface area contributed by atoms with Gasteiger partial charge in [0.1, 0.15) is 4.90 Å². The van der Waals surface area contributed by atoms with Crippen molar-refractivity contribution in [1.82, 2.24) is 0 Å². The number of benzene rings is 2. The average Bonchev–Trinajstić information content (AvgIpc) is 2.34. The van der Waals surface area contributed by atoms with E-state index in [0.29, 0.717) is 0 Å². The van der Waals surface area contributed by atoms with Crippen molar-refractivity contribution in [3.8, 4) is 0 Å². The van der Waals surface area contributed by atoms with Crippen LogP contribution in [0.1, 0.15) is 0 Å². The molecular weight excluding hydrogens is 307 g/mol. The Labute approximate surface area is 121 Å². The quantitative estimate of drug-likeness (QED) is 0.853. The smallest absolute Gasteiger partial charge is 0.264 e. The van der Waals surface area contributed by atoms with Crippen molar-refractivity contribution >= 4 is 44.6 Å². The van der Waals surface area contributed by atoms with Crippen LogP contribution in [0.5, 0.6) is 0 Å². The van der Waals surface area contributed by atoms with Gasteiger partial charge in [-0.15, -0.1) is 0 Å². The lowest BCUT2D eigenvalue weighted by molar-refractivity contribution is 0.601. The fourth-order valence-electron chi connectivity index (χ4n) is 1.51. The maximum atomic E-state index is 12.2. The van der Waals surface area contributed by atoms with E-state index in [-0.39, 0.29) is 26.3 Å². The van der Waals surface area contributed by atoms with Gasteiger partial charge in [-0.2, -0.15) is 0 Å². The zero-order valence-electron chi connectivity index (χ0n) is 9.60. The largest absolute Gasteiger partial charge is 0.398 e. The maximum Gasteiger partial charge on any atom is 0.264 e. The van der Waals surface area contributed by atoms with E-state index in [1.165, 1.54) is 12.1 Å². The van der Waals surface area contributed by atoms with Crippen LogP contribution in [0.3, 0.4) is 0 Å². The molecule has 0 aliphatic carbocycles. The molecule has 0 saturated carbocycles. The molecule has 0 saturated heterocycles. The maximum absolute atomic E-state index is 12.2. The second-order valence-corrected chi connectivity index (χ2v) is 6.21. The Morgan fingerprint density at radius 1 is 0.947 bits per heavy atom. The van der Waals surface area contributed by atoms with Crippen LogP contribution in [0.4, 0.5) is 11.4 Å². The van der Waals surface area contributed by atoms with Gasteiger partial charge >= 0.3 is 0 Å². The molecule has 0 aliphatic rings. The van der Waals surface area contributed by atoms with E-state index in [9.17, 15) is 8.42 Å². The SMILES string of the molecule is Nc1ccccc1S(=O)(=O)Nc1c(Cl)cccc1Cl. The third-order valence-electron chi connectivity index (χ3n) is 2.41. The minimum absolute atomic E-state index is 0.0222. The van der Waals surface area contributed by atoms with Gasteiger partial charge in [-0.25, -0.2) is 8.42 Å². The number of halogens is 2. The summed E-state index contributed by atoms with van der Waals surface area (Å²) in [7, 11) is -3.83. The van der Waals surface area contributed by atoms with Crippen molar-refractivity contribution in [2.75, 3.05) is 10.5 Å². The standard InChI is InChI=1S/C12H10Cl2N2O2S/c13-8-4-3-5-9(14)12(8)16-19(17,18)11-7-2-1-6-10(11)15/h1-7,16H,15H2. The van der Waals surface area contributed by atoms with Gasteiger partial charge in [0.25, 0.3) is 10.0 Å². The zero-order chi connectivity index (χ0) is 14.0. The molecule has 0 unspecified atom stereocenters. The molecule has 0 heterocycles. The highest BCUT2D eigenvalue weighted by molar-refractivity contribution is 7.93. The topological polar surface area (TPSA) is 72.2 Å². The van der Waals surface area contributed by atoms with E-state index in [1.807, 2.05) is 0 Å². The van der Waals surface area contributed by atoms with Crippen LogP contribution in [0, 0.1) is 0 Å². The van der Waals surface area contributed by atoms with Crippen molar-refractivity contribution < 1.29 is 8.42 Å². The molecule has 2 rings (SSSR count). The lowest BCUT2D eigenvalue weighted by atomic mass is 10.3. The van der Waals surface area contributed by atoms with Gasteiger partial charge in [0.2, 0.25) is 0 Å². The molecule has 4 nitrogen and oxygen atoms in total. The summed E-state index contributed by atoms with van der Waals surface area (Å²) in [5.74, 6) is 0. The molecular formula is C12H10Cl2N2O2S. The average molecular weight is 317 g/mol. The Morgan fingerprint density at radius 2 is 1.53 bits per heavy atom. The van der Waals surface area contributed by atoms with Crippen LogP contribution in [0.15, 0.2) is 47.4 Å². The van der Waals surface area contributed by atoms with Crippen LogP contribution in [0.25, 0.3) is 0 Å². The number of nitrogen functional groups attached to an aromatic ring is 1. The third-order valence-corrected chi connectivity index (χ3v) is 4.46. The molecule has 7 heteroatoms. The first kappa shape index (κ1) is 14.0. The summed E-state index contributed by atoms with van der Waals surface area (Å²) in [6.07, 6.45) is 0. The lowest BCUT2D eigenvalue weighted by Crippen LogP contribution is -2.15. The number of rotatable bonds is 3. The normalized spacial score (nSPS) is 11.3. The van der Waals surface area contributed by atoms with Crippen molar-refractivity contribution in [1.29, 1.82) is 0 Å². The van der Waals surface area contributed by atoms with E-state index >= 15 is 0 Å². The highest BCUT2D eigenvalue weighted by Crippen LogP contribution is 2.32. The molecule has 0 fully saturated rings. The summed E-state index contributed by atoms with van der Waals surface area (Å²) in [4.78, 5) is -0.0222. The molecule has 100 valence electrons. The molecule has 0 aromatic heterocycles. The first-order valence-corrected chi connectivity index (χ1v) is 7.47. The van der Waals surface area contributed by atoms with Crippen molar-refractivity contribution in [3.05, 3.63) is 52.5 Å². The second kappa shape index (κ2) is 5.28. The number of hydrogen-bond acceptors (Lipinski definition) is 3. The molecule has 2 aromatic carbocycles. The van der Waals surface area contributed by atoms with Gasteiger partial charge in [0.05, 0.1) is 21.4 Å². The second-order valence-electron chi connectivity index (χ2n) is 3.74. The first-order valence-electron chi connectivity index (χ1n) is 5.23. The Kier molecular flexibility index (Phi) is 3.89. The number of anilines is 2. The summed E-state index contributed by atoms with van der Waals surface area (Å²) < 4.78 is 26.8. The Hall–Kier alpha value is -1.43. The molecule has 19 heavy (non-hydrogen) atoms. The Bertz CT molecular complexity index is 697. The Balaban J connectivity index is 2.46. The summed E-state index contributed by atoms with van der Waals surface area (Å²) in [5, 5.41) is 0.427. The zero-order valence-corrected chi connectivity index (χ0v) is 11.9. The van der Waals surface area contributed by atoms with Crippen LogP contribution < -0.4 is 10.5 Å². The predicted molar refractivity (Wildman–Crippen MR) is 78.1 cm³/mol. The van der Waals surface area contributed by atoms with E-state index < -0.39 is 10.0 Å². The van der Waals surface area contributed by atoms with Gasteiger partial charge in [-0.3, -0.25) is 4.72 Å². The number of nitrogens with one attached hydrogen (secondary N) is 1. The van der Waals surface area contributed by atoms with Crippen molar-refractivity contribution in [2.45, 2.75) is 4.90 Å². The van der Waals surface area contributed by atoms with Crippen LogP contribution in [-0.2, 0) is 10.0 Å². The minimum Gasteiger partial charge on any atom is -0.398 e. The van der Waals surface area contributed by atoms with Crippen molar-refractivity contribution in [2.24, 2.45) is 0 Å². The molecule has 3 N–H and O–H groups in total. The van der Waals surface area contributed by atoms with E-state index in [2.05, 4.69) is 4.72 Å². The summed E-state index contributed by atoms with van der Waals surface area (Å²) in [6, 6.07) is 10.8. The van der Waals surface area contributed by atoms with E-state index in [4.69, 9.17) is 28.9 Å². The third kappa shape index (κ3) is 2.94. The fraction of sp³-hybridized carbons (Fsp3) is 0. The molecule has 0 bridgehead atoms. The Morgan fingerprint density at radius 3 is 2.11 bits per heavy atom. The highest BCUT2D eigenvalue weighted by Gasteiger charge is 2.19. The molecule has 0 aliphatic heterocycles. The molecule has 2 aromatic rings. The monoisotopic (exact) mass is 316 g/mol. The first-order chi connectivity index (χ1) is 8.92. The molecule has 0 atom stereocenters. The van der Waals surface area contributed by atoms with Gasteiger partial charge < -0.3 is 5.73 Å².